The lowest BCUT2D eigenvalue weighted by atomic mass is 9.88. The van der Waals surface area contributed by atoms with Gasteiger partial charge in [-0.3, -0.25) is 14.8 Å². The molecule has 0 aliphatic carbocycles. The number of aromatic nitrogens is 3. The second-order valence-electron chi connectivity index (χ2n) is 7.56. The molecule has 0 radical (unpaired) electrons. The van der Waals surface area contributed by atoms with Crippen molar-refractivity contribution < 1.29 is 14.6 Å². The highest BCUT2D eigenvalue weighted by atomic mass is 16.5. The lowest BCUT2D eigenvalue weighted by Gasteiger charge is -2.37. The van der Waals surface area contributed by atoms with E-state index in [-0.39, 0.29) is 29.7 Å². The first kappa shape index (κ1) is 20.1. The molecule has 1 aromatic carbocycles. The number of carbonyl (C=O) groups excluding carboxylic acids is 1. The van der Waals surface area contributed by atoms with Crippen LogP contribution in [-0.4, -0.2) is 38.2 Å². The molecule has 3 heterocycles. The number of ether oxygens (including phenoxy) is 1. The first-order valence-corrected chi connectivity index (χ1v) is 9.99. The van der Waals surface area contributed by atoms with E-state index < -0.39 is 6.10 Å². The summed E-state index contributed by atoms with van der Waals surface area (Å²) in [6.07, 6.45) is 5.87. The molecule has 0 unspecified atom stereocenters. The quantitative estimate of drug-likeness (QED) is 0.689. The molecule has 0 bridgehead atoms. The third-order valence-electron chi connectivity index (χ3n) is 5.57. The number of amides is 1. The largest absolute Gasteiger partial charge is 0.393 e. The molecule has 1 amide bonds. The van der Waals surface area contributed by atoms with E-state index in [1.54, 1.807) is 18.6 Å². The van der Waals surface area contributed by atoms with Crippen LogP contribution in [0.3, 0.4) is 0 Å². The standard InChI is InChI=1S/C23H24N4O3/c1-14-15(2)30-22(10-21(14)28)17-8-9-24-12-19(17)27-23(29)20-13-25-11-18(26-20)16-6-4-3-5-7-16/h3-9,11-15,21-22,28H,10H2,1-2H3,(H,27,29)/t14-,15+,21+,22+/m0/s1. The van der Waals surface area contributed by atoms with Crippen molar-refractivity contribution in [3.63, 3.8) is 0 Å². The first-order valence-electron chi connectivity index (χ1n) is 9.99. The normalized spacial score (nSPS) is 23.7. The van der Waals surface area contributed by atoms with Crippen molar-refractivity contribution in [2.45, 2.75) is 38.6 Å². The number of pyridine rings is 1. The summed E-state index contributed by atoms with van der Waals surface area (Å²) in [6, 6.07) is 11.4. The third-order valence-corrected chi connectivity index (χ3v) is 5.57. The molecular formula is C23H24N4O3. The van der Waals surface area contributed by atoms with Crippen LogP contribution in [0.1, 0.15) is 42.4 Å². The van der Waals surface area contributed by atoms with Gasteiger partial charge in [-0.2, -0.15) is 0 Å². The predicted octanol–water partition coefficient (Wildman–Crippen LogP) is 3.64. The number of nitrogens with zero attached hydrogens (tertiary/aromatic N) is 3. The van der Waals surface area contributed by atoms with Crippen molar-refractivity contribution in [3.05, 3.63) is 72.4 Å². The smallest absolute Gasteiger partial charge is 0.275 e. The maximum Gasteiger partial charge on any atom is 0.275 e. The Balaban J connectivity index is 1.56. The average molecular weight is 404 g/mol. The number of nitrogens with one attached hydrogen (secondary N) is 1. The fourth-order valence-corrected chi connectivity index (χ4v) is 3.59. The van der Waals surface area contributed by atoms with Gasteiger partial charge in [0.05, 0.1) is 48.3 Å². The minimum atomic E-state index is -0.469. The zero-order valence-electron chi connectivity index (χ0n) is 16.9. The maximum atomic E-state index is 12.9. The average Bonchev–Trinajstić information content (AvgIpc) is 2.78. The van der Waals surface area contributed by atoms with E-state index in [4.69, 9.17) is 4.74 Å². The van der Waals surface area contributed by atoms with E-state index in [1.807, 2.05) is 50.2 Å². The van der Waals surface area contributed by atoms with Crippen molar-refractivity contribution in [3.8, 4) is 11.3 Å². The van der Waals surface area contributed by atoms with Gasteiger partial charge in [0.25, 0.3) is 5.91 Å². The minimum Gasteiger partial charge on any atom is -0.393 e. The molecule has 4 rings (SSSR count). The van der Waals surface area contributed by atoms with Crippen molar-refractivity contribution in [1.29, 1.82) is 0 Å². The number of aliphatic hydroxyl groups excluding tert-OH is 1. The van der Waals surface area contributed by atoms with Crippen LogP contribution in [0.5, 0.6) is 0 Å². The number of carbonyl (C=O) groups is 1. The Kier molecular flexibility index (Phi) is 5.83. The maximum absolute atomic E-state index is 12.9. The molecule has 4 atom stereocenters. The van der Waals surface area contributed by atoms with Crippen LogP contribution in [0.2, 0.25) is 0 Å². The molecule has 1 saturated heterocycles. The number of aliphatic hydroxyl groups is 1. The molecule has 1 aliphatic heterocycles. The summed E-state index contributed by atoms with van der Waals surface area (Å²) in [7, 11) is 0. The van der Waals surface area contributed by atoms with Gasteiger partial charge < -0.3 is 15.2 Å². The molecule has 0 saturated carbocycles. The van der Waals surface area contributed by atoms with E-state index in [9.17, 15) is 9.90 Å². The Morgan fingerprint density at radius 1 is 1.10 bits per heavy atom. The molecule has 3 aromatic rings. The van der Waals surface area contributed by atoms with Gasteiger partial charge in [0.2, 0.25) is 0 Å². The monoisotopic (exact) mass is 404 g/mol. The Bertz CT molecular complexity index is 1020. The minimum absolute atomic E-state index is 0.0529. The summed E-state index contributed by atoms with van der Waals surface area (Å²) in [4.78, 5) is 25.6. The van der Waals surface area contributed by atoms with Gasteiger partial charge in [-0.25, -0.2) is 4.98 Å². The van der Waals surface area contributed by atoms with Crippen LogP contribution in [0.25, 0.3) is 11.3 Å². The number of hydrogen-bond donors (Lipinski definition) is 2. The first-order chi connectivity index (χ1) is 14.5. The van der Waals surface area contributed by atoms with E-state index in [2.05, 4.69) is 20.3 Å². The van der Waals surface area contributed by atoms with Crippen LogP contribution in [0.15, 0.2) is 61.2 Å². The van der Waals surface area contributed by atoms with Gasteiger partial charge in [-0.1, -0.05) is 37.3 Å². The molecule has 7 nitrogen and oxygen atoms in total. The van der Waals surface area contributed by atoms with Gasteiger partial charge in [-0.05, 0) is 13.0 Å². The van der Waals surface area contributed by atoms with Gasteiger partial charge in [-0.15, -0.1) is 0 Å². The zero-order chi connectivity index (χ0) is 21.1. The Morgan fingerprint density at radius 2 is 1.90 bits per heavy atom. The highest BCUT2D eigenvalue weighted by molar-refractivity contribution is 6.03. The number of benzene rings is 1. The predicted molar refractivity (Wildman–Crippen MR) is 113 cm³/mol. The molecule has 1 aliphatic rings. The molecule has 30 heavy (non-hydrogen) atoms. The fraction of sp³-hybridized carbons (Fsp3) is 0.304. The van der Waals surface area contributed by atoms with Crippen LogP contribution in [0, 0.1) is 5.92 Å². The summed E-state index contributed by atoms with van der Waals surface area (Å²) in [5.41, 5.74) is 3.03. The second-order valence-corrected chi connectivity index (χ2v) is 7.56. The van der Waals surface area contributed by atoms with Crippen molar-refractivity contribution in [2.75, 3.05) is 5.32 Å². The summed E-state index contributed by atoms with van der Waals surface area (Å²) >= 11 is 0. The van der Waals surface area contributed by atoms with Crippen molar-refractivity contribution in [1.82, 2.24) is 15.0 Å². The molecular weight excluding hydrogens is 380 g/mol. The summed E-state index contributed by atoms with van der Waals surface area (Å²) in [5.74, 6) is -0.329. The van der Waals surface area contributed by atoms with Crippen LogP contribution < -0.4 is 5.32 Å². The summed E-state index contributed by atoms with van der Waals surface area (Å²) in [5, 5.41) is 13.2. The van der Waals surface area contributed by atoms with Gasteiger partial charge in [0, 0.05) is 29.7 Å². The number of hydrogen-bond acceptors (Lipinski definition) is 6. The Hall–Kier alpha value is -3.16. The van der Waals surface area contributed by atoms with E-state index in [1.165, 1.54) is 6.20 Å². The fourth-order valence-electron chi connectivity index (χ4n) is 3.59. The van der Waals surface area contributed by atoms with Crippen LogP contribution >= 0.6 is 0 Å². The third kappa shape index (κ3) is 4.22. The molecule has 0 spiro atoms. The summed E-state index contributed by atoms with van der Waals surface area (Å²) in [6.45, 7) is 3.92. The second kappa shape index (κ2) is 8.69. The summed E-state index contributed by atoms with van der Waals surface area (Å²) < 4.78 is 6.09. The van der Waals surface area contributed by atoms with E-state index in [0.717, 1.165) is 11.1 Å². The van der Waals surface area contributed by atoms with Gasteiger partial charge >= 0.3 is 0 Å². The molecule has 154 valence electrons. The number of anilines is 1. The highest BCUT2D eigenvalue weighted by Gasteiger charge is 2.34. The lowest BCUT2D eigenvalue weighted by Crippen LogP contribution is -2.38. The Labute approximate surface area is 175 Å². The SMILES string of the molecule is C[C@@H]1[C@H](O)C[C@H](c2ccncc2NC(=O)c2cncc(-c3ccccc3)n2)O[C@@H]1C. The van der Waals surface area contributed by atoms with Gasteiger partial charge in [0.15, 0.2) is 0 Å². The topological polar surface area (TPSA) is 97.2 Å². The molecule has 2 aromatic heterocycles. The Morgan fingerprint density at radius 3 is 2.67 bits per heavy atom. The van der Waals surface area contributed by atoms with Crippen LogP contribution in [-0.2, 0) is 4.74 Å². The van der Waals surface area contributed by atoms with Gasteiger partial charge in [0.1, 0.15) is 5.69 Å². The number of rotatable bonds is 4. The van der Waals surface area contributed by atoms with Crippen LogP contribution in [0.4, 0.5) is 5.69 Å². The molecule has 7 heteroatoms. The lowest BCUT2D eigenvalue weighted by molar-refractivity contribution is -0.124. The zero-order valence-corrected chi connectivity index (χ0v) is 16.9. The molecule has 2 N–H and O–H groups in total. The van der Waals surface area contributed by atoms with Crippen molar-refractivity contribution in [2.24, 2.45) is 5.92 Å². The van der Waals surface area contributed by atoms with E-state index in [0.29, 0.717) is 17.8 Å². The van der Waals surface area contributed by atoms with Crippen molar-refractivity contribution >= 4 is 11.6 Å². The molecule has 1 fully saturated rings. The highest BCUT2D eigenvalue weighted by Crippen LogP contribution is 2.37. The van der Waals surface area contributed by atoms with E-state index >= 15 is 0 Å².